The summed E-state index contributed by atoms with van der Waals surface area (Å²) in [6.07, 6.45) is 0. The molecule has 0 bridgehead atoms. The van der Waals surface area contributed by atoms with E-state index in [-0.39, 0.29) is 0 Å². The summed E-state index contributed by atoms with van der Waals surface area (Å²) in [4.78, 5) is 0. The molecule has 0 unspecified atom stereocenters. The molecule has 0 saturated heterocycles. The van der Waals surface area contributed by atoms with Crippen LogP contribution in [0.4, 0.5) is 0 Å². The van der Waals surface area contributed by atoms with E-state index in [9.17, 15) is 0 Å². The summed E-state index contributed by atoms with van der Waals surface area (Å²) in [5.41, 5.74) is 0. The minimum absolute atomic E-state index is 1.21. The molecule has 42 valence electrons. The Hall–Kier alpha value is 0.676. The van der Waals surface area contributed by atoms with E-state index >= 15 is 0 Å². The van der Waals surface area contributed by atoms with E-state index < -0.39 is 8.32 Å². The number of hydrogen-bond donors (Lipinski definition) is 0. The summed E-state index contributed by atoms with van der Waals surface area (Å²) in [6, 6.07) is 0. The fourth-order valence-electron chi connectivity index (χ4n) is 0.144. The van der Waals surface area contributed by atoms with E-state index in [0.29, 0.717) is 0 Å². The van der Waals surface area contributed by atoms with Gasteiger partial charge in [-0.3, -0.25) is 0 Å². The van der Waals surface area contributed by atoms with Gasteiger partial charge in [-0.2, -0.15) is 0 Å². The Bertz CT molecular complexity index is 66.6. The van der Waals surface area contributed by atoms with Gasteiger partial charge in [0.25, 0.3) is 0 Å². The molecule has 0 saturated carbocycles. The van der Waals surface area contributed by atoms with Crippen molar-refractivity contribution in [2.45, 2.75) is 19.6 Å². The number of hydrogen-bond acceptors (Lipinski definition) is 1. The molecule has 0 spiro atoms. The van der Waals surface area contributed by atoms with Crippen molar-refractivity contribution < 1.29 is 4.43 Å². The Kier molecular flexibility index (Phi) is 3.13. The molecule has 0 amide bonds. The molecule has 0 aliphatic rings. The molecule has 0 aliphatic heterocycles. The SMILES string of the molecule is C[Si](C)(C)OC=[Te]. The second kappa shape index (κ2) is 2.86. The molecule has 0 heterocycles. The Morgan fingerprint density at radius 2 is 1.86 bits per heavy atom. The molecule has 0 atom stereocenters. The van der Waals surface area contributed by atoms with Crippen molar-refractivity contribution >= 4 is 34.4 Å². The van der Waals surface area contributed by atoms with Crippen LogP contribution in [0.3, 0.4) is 0 Å². The van der Waals surface area contributed by atoms with Gasteiger partial charge in [-0.1, -0.05) is 0 Å². The van der Waals surface area contributed by atoms with E-state index in [0.717, 1.165) is 0 Å². The maximum absolute atomic E-state index is 5.25. The third kappa shape index (κ3) is 6.68. The van der Waals surface area contributed by atoms with Crippen LogP contribution in [-0.2, 0) is 4.43 Å². The van der Waals surface area contributed by atoms with Crippen LogP contribution in [0.1, 0.15) is 0 Å². The van der Waals surface area contributed by atoms with Crippen molar-refractivity contribution in [3.63, 3.8) is 0 Å². The molecule has 0 radical (unpaired) electrons. The standard InChI is InChI=1S/C4H10OSiTe/c1-6(2,3)5-4-7/h4H,1-3H3. The second-order valence-corrected chi connectivity index (χ2v) is 7.34. The Balaban J connectivity index is 3.34. The van der Waals surface area contributed by atoms with Crippen molar-refractivity contribution in [1.82, 2.24) is 0 Å². The van der Waals surface area contributed by atoms with Gasteiger partial charge in [0.05, 0.1) is 0 Å². The molecule has 0 aromatic carbocycles. The van der Waals surface area contributed by atoms with Crippen molar-refractivity contribution in [1.29, 1.82) is 0 Å². The molecule has 0 N–H and O–H groups in total. The molecule has 3 heteroatoms. The normalized spacial score (nSPS) is 10.7. The van der Waals surface area contributed by atoms with Gasteiger partial charge in [0.1, 0.15) is 0 Å². The second-order valence-electron chi connectivity index (χ2n) is 2.33. The summed E-state index contributed by atoms with van der Waals surface area (Å²) in [6.45, 7) is 6.48. The predicted octanol–water partition coefficient (Wildman–Crippen LogP) is 0.766. The van der Waals surface area contributed by atoms with Crippen molar-refractivity contribution in [3.8, 4) is 0 Å². The topological polar surface area (TPSA) is 9.23 Å². The molecular weight excluding hydrogens is 220 g/mol. The van der Waals surface area contributed by atoms with Gasteiger partial charge < -0.3 is 0 Å². The van der Waals surface area contributed by atoms with Crippen molar-refractivity contribution in [3.05, 3.63) is 0 Å². The van der Waals surface area contributed by atoms with Crippen molar-refractivity contribution in [2.24, 2.45) is 0 Å². The summed E-state index contributed by atoms with van der Waals surface area (Å²) < 4.78 is 7.03. The molecule has 0 fully saturated rings. The van der Waals surface area contributed by atoms with E-state index in [1.165, 1.54) is 0 Å². The van der Waals surface area contributed by atoms with Gasteiger partial charge >= 0.3 is 58.4 Å². The van der Waals surface area contributed by atoms with Crippen LogP contribution in [0.25, 0.3) is 0 Å². The monoisotopic (exact) mass is 232 g/mol. The molecule has 0 rings (SSSR count). The Morgan fingerprint density at radius 1 is 1.43 bits per heavy atom. The molecule has 0 aromatic heterocycles. The van der Waals surface area contributed by atoms with Crippen LogP contribution in [-0.4, -0.2) is 34.4 Å². The third-order valence-electron chi connectivity index (χ3n) is 0.402. The summed E-state index contributed by atoms with van der Waals surface area (Å²) in [5, 5.41) is 0. The first-order valence-corrected chi connectivity index (χ1v) is 6.93. The summed E-state index contributed by atoms with van der Waals surface area (Å²) >= 11 is 1.85. The van der Waals surface area contributed by atoms with Crippen LogP contribution in [0.15, 0.2) is 0 Å². The Morgan fingerprint density at radius 3 is 1.86 bits per heavy atom. The van der Waals surface area contributed by atoms with Crippen LogP contribution < -0.4 is 0 Å². The van der Waals surface area contributed by atoms with Crippen LogP contribution >= 0.6 is 0 Å². The fraction of sp³-hybridized carbons (Fsp3) is 0.750. The summed E-state index contributed by atoms with van der Waals surface area (Å²) in [7, 11) is -1.21. The molecule has 0 aliphatic carbocycles. The van der Waals surface area contributed by atoms with Crippen LogP contribution in [0, 0.1) is 0 Å². The first kappa shape index (κ1) is 7.68. The van der Waals surface area contributed by atoms with Gasteiger partial charge in [0.2, 0.25) is 0 Å². The first-order chi connectivity index (χ1) is 3.06. The molecule has 0 aromatic rings. The van der Waals surface area contributed by atoms with E-state index in [1.54, 1.807) is 4.24 Å². The van der Waals surface area contributed by atoms with Crippen LogP contribution in [0.2, 0.25) is 19.6 Å². The zero-order valence-electron chi connectivity index (χ0n) is 4.89. The minimum atomic E-state index is -1.21. The quantitative estimate of drug-likeness (QED) is 0.636. The van der Waals surface area contributed by atoms with E-state index in [2.05, 4.69) is 19.6 Å². The molecule has 7 heavy (non-hydrogen) atoms. The number of rotatable bonds is 2. The maximum atomic E-state index is 5.25. The van der Waals surface area contributed by atoms with Gasteiger partial charge in [0.15, 0.2) is 0 Å². The average molecular weight is 230 g/mol. The zero-order valence-corrected chi connectivity index (χ0v) is 8.22. The van der Waals surface area contributed by atoms with E-state index in [1.807, 2.05) is 21.8 Å². The van der Waals surface area contributed by atoms with Crippen LogP contribution in [0.5, 0.6) is 0 Å². The van der Waals surface area contributed by atoms with Gasteiger partial charge in [0, 0.05) is 0 Å². The van der Waals surface area contributed by atoms with Crippen molar-refractivity contribution in [2.75, 3.05) is 0 Å². The zero-order chi connectivity index (χ0) is 5.91. The van der Waals surface area contributed by atoms with Gasteiger partial charge in [-0.05, 0) is 0 Å². The fourth-order valence-corrected chi connectivity index (χ4v) is 2.90. The molecule has 1 nitrogen and oxygen atoms in total. The Labute approximate surface area is 58.6 Å². The van der Waals surface area contributed by atoms with Gasteiger partial charge in [-0.25, -0.2) is 0 Å². The predicted molar refractivity (Wildman–Crippen MR) is 36.2 cm³/mol. The van der Waals surface area contributed by atoms with Gasteiger partial charge in [-0.15, -0.1) is 0 Å². The average Bonchev–Trinajstić information content (AvgIpc) is 1.30. The van der Waals surface area contributed by atoms with E-state index in [4.69, 9.17) is 4.43 Å². The first-order valence-electron chi connectivity index (χ1n) is 2.18. The molecular formula is C4H10OSiTe. The third-order valence-corrected chi connectivity index (χ3v) is 2.03. The summed E-state index contributed by atoms with van der Waals surface area (Å²) in [5.74, 6) is 0.